The van der Waals surface area contributed by atoms with Gasteiger partial charge in [-0.05, 0) is 49.4 Å². The van der Waals surface area contributed by atoms with Gasteiger partial charge < -0.3 is 5.11 Å². The zero-order valence-electron chi connectivity index (χ0n) is 11.9. The molecule has 0 aromatic carbocycles. The summed E-state index contributed by atoms with van der Waals surface area (Å²) in [6.45, 7) is 6.94. The van der Waals surface area contributed by atoms with Gasteiger partial charge in [-0.1, -0.05) is 46.5 Å². The predicted molar refractivity (Wildman–Crippen MR) is 72.9 cm³/mol. The molecule has 2 fully saturated rings. The monoisotopic (exact) mass is 238 g/mol. The van der Waals surface area contributed by atoms with E-state index in [1.807, 2.05) is 0 Å². The molecule has 0 radical (unpaired) electrons. The first kappa shape index (κ1) is 13.4. The minimum absolute atomic E-state index is 0.340. The second kappa shape index (κ2) is 5.30. The van der Waals surface area contributed by atoms with Crippen LogP contribution >= 0.6 is 0 Å². The Morgan fingerprint density at radius 2 is 1.82 bits per heavy atom. The van der Waals surface area contributed by atoms with Crippen LogP contribution in [0.15, 0.2) is 0 Å². The van der Waals surface area contributed by atoms with Crippen LogP contribution in [-0.2, 0) is 0 Å². The number of hydrogen-bond donors (Lipinski definition) is 1. The maximum Gasteiger partial charge on any atom is 0.0704 e. The van der Waals surface area contributed by atoms with E-state index in [1.54, 1.807) is 0 Å². The van der Waals surface area contributed by atoms with Crippen molar-refractivity contribution in [2.45, 2.75) is 77.7 Å². The van der Waals surface area contributed by atoms with E-state index < -0.39 is 0 Å². The van der Waals surface area contributed by atoms with Crippen LogP contribution in [0.3, 0.4) is 0 Å². The van der Waals surface area contributed by atoms with E-state index in [4.69, 9.17) is 0 Å². The second-order valence-corrected chi connectivity index (χ2v) is 6.83. The molecule has 0 amide bonds. The Morgan fingerprint density at radius 3 is 2.47 bits per heavy atom. The molecule has 0 aliphatic heterocycles. The van der Waals surface area contributed by atoms with Gasteiger partial charge in [-0.2, -0.15) is 0 Å². The van der Waals surface area contributed by atoms with Crippen LogP contribution in [0.2, 0.25) is 0 Å². The van der Waals surface area contributed by atoms with Crippen molar-refractivity contribution in [3.63, 3.8) is 0 Å². The van der Waals surface area contributed by atoms with Crippen molar-refractivity contribution in [1.29, 1.82) is 0 Å². The molecule has 5 unspecified atom stereocenters. The largest absolute Gasteiger partial charge is 0.389 e. The van der Waals surface area contributed by atoms with Crippen LogP contribution in [0.5, 0.6) is 0 Å². The van der Waals surface area contributed by atoms with E-state index in [1.165, 1.54) is 44.9 Å². The van der Waals surface area contributed by atoms with Crippen LogP contribution in [0.1, 0.15) is 72.1 Å². The molecule has 0 bridgehead atoms. The fourth-order valence-electron chi connectivity index (χ4n) is 4.55. The predicted octanol–water partition coefficient (Wildman–Crippen LogP) is 4.39. The van der Waals surface area contributed by atoms with Crippen LogP contribution in [0, 0.1) is 23.7 Å². The lowest BCUT2D eigenvalue weighted by Gasteiger charge is -2.50. The van der Waals surface area contributed by atoms with Crippen molar-refractivity contribution < 1.29 is 5.11 Å². The molecule has 2 rings (SSSR count). The lowest BCUT2D eigenvalue weighted by molar-refractivity contribution is -0.125. The minimum atomic E-state index is -0.340. The molecule has 1 heteroatoms. The van der Waals surface area contributed by atoms with Crippen molar-refractivity contribution >= 4 is 0 Å². The Balaban J connectivity index is 2.12. The summed E-state index contributed by atoms with van der Waals surface area (Å²) in [5.41, 5.74) is -0.340. The summed E-state index contributed by atoms with van der Waals surface area (Å²) in [5, 5.41) is 11.2. The topological polar surface area (TPSA) is 20.2 Å². The van der Waals surface area contributed by atoms with Crippen molar-refractivity contribution in [2.24, 2.45) is 23.7 Å². The first-order valence-corrected chi connectivity index (χ1v) is 7.80. The average molecular weight is 238 g/mol. The van der Waals surface area contributed by atoms with Crippen LogP contribution in [0.4, 0.5) is 0 Å². The Morgan fingerprint density at radius 1 is 1.12 bits per heavy atom. The average Bonchev–Trinajstić information content (AvgIpc) is 2.34. The van der Waals surface area contributed by atoms with Gasteiger partial charge in [0, 0.05) is 0 Å². The van der Waals surface area contributed by atoms with Gasteiger partial charge in [-0.3, -0.25) is 0 Å². The normalized spacial score (nSPS) is 48.0. The quantitative estimate of drug-likeness (QED) is 0.756. The summed E-state index contributed by atoms with van der Waals surface area (Å²) < 4.78 is 0. The lowest BCUT2D eigenvalue weighted by Crippen LogP contribution is -2.50. The number of rotatable bonds is 2. The van der Waals surface area contributed by atoms with Gasteiger partial charge in [0.05, 0.1) is 5.60 Å². The highest BCUT2D eigenvalue weighted by atomic mass is 16.3. The highest BCUT2D eigenvalue weighted by Crippen LogP contribution is 2.48. The molecule has 0 aromatic rings. The van der Waals surface area contributed by atoms with E-state index in [2.05, 4.69) is 20.8 Å². The molecular weight excluding hydrogens is 208 g/mol. The third kappa shape index (κ3) is 2.54. The van der Waals surface area contributed by atoms with E-state index >= 15 is 0 Å². The fourth-order valence-corrected chi connectivity index (χ4v) is 4.55. The van der Waals surface area contributed by atoms with Crippen molar-refractivity contribution in [1.82, 2.24) is 0 Å². The highest BCUT2D eigenvalue weighted by Gasteiger charge is 2.47. The molecule has 2 saturated carbocycles. The highest BCUT2D eigenvalue weighted by molar-refractivity contribution is 4.98. The molecule has 0 spiro atoms. The van der Waals surface area contributed by atoms with Crippen molar-refractivity contribution in [2.75, 3.05) is 0 Å². The van der Waals surface area contributed by atoms with Gasteiger partial charge in [-0.15, -0.1) is 0 Å². The van der Waals surface area contributed by atoms with Crippen LogP contribution in [0.25, 0.3) is 0 Å². The first-order chi connectivity index (χ1) is 8.08. The Kier molecular flexibility index (Phi) is 4.18. The molecule has 0 aromatic heterocycles. The molecule has 2 aliphatic rings. The van der Waals surface area contributed by atoms with Gasteiger partial charge in [0.2, 0.25) is 0 Å². The third-order valence-corrected chi connectivity index (χ3v) is 5.72. The third-order valence-electron chi connectivity index (χ3n) is 5.72. The van der Waals surface area contributed by atoms with Gasteiger partial charge in [-0.25, -0.2) is 0 Å². The first-order valence-electron chi connectivity index (χ1n) is 7.80. The molecule has 5 atom stereocenters. The lowest BCUT2D eigenvalue weighted by atomic mass is 9.59. The molecular formula is C16H30O. The summed E-state index contributed by atoms with van der Waals surface area (Å²) in [6, 6.07) is 0. The second-order valence-electron chi connectivity index (χ2n) is 6.83. The van der Waals surface area contributed by atoms with E-state index in [0.29, 0.717) is 11.8 Å². The summed E-state index contributed by atoms with van der Waals surface area (Å²) in [4.78, 5) is 0. The molecule has 2 aliphatic carbocycles. The maximum atomic E-state index is 11.2. The Bertz CT molecular complexity index is 250. The SMILES string of the molecule is CCC1CCCCC1C1(O)CCC(C)CC1C. The van der Waals surface area contributed by atoms with Gasteiger partial charge >= 0.3 is 0 Å². The standard InChI is InChI=1S/C16H30O/c1-4-14-7-5-6-8-15(14)16(17)10-9-12(2)11-13(16)3/h12-15,17H,4-11H2,1-3H3. The van der Waals surface area contributed by atoms with Crippen molar-refractivity contribution in [3.8, 4) is 0 Å². The van der Waals surface area contributed by atoms with Gasteiger partial charge in [0.15, 0.2) is 0 Å². The molecule has 1 nitrogen and oxygen atoms in total. The number of aliphatic hydroxyl groups is 1. The summed E-state index contributed by atoms with van der Waals surface area (Å²) in [7, 11) is 0. The summed E-state index contributed by atoms with van der Waals surface area (Å²) in [5.74, 6) is 2.69. The minimum Gasteiger partial charge on any atom is -0.389 e. The Labute approximate surface area is 107 Å². The number of hydrogen-bond acceptors (Lipinski definition) is 1. The van der Waals surface area contributed by atoms with Crippen LogP contribution in [-0.4, -0.2) is 10.7 Å². The van der Waals surface area contributed by atoms with E-state index in [0.717, 1.165) is 18.3 Å². The molecule has 1 N–H and O–H groups in total. The van der Waals surface area contributed by atoms with Gasteiger partial charge in [0.1, 0.15) is 0 Å². The molecule has 17 heavy (non-hydrogen) atoms. The summed E-state index contributed by atoms with van der Waals surface area (Å²) in [6.07, 6.45) is 10.1. The zero-order chi connectivity index (χ0) is 12.5. The van der Waals surface area contributed by atoms with Crippen molar-refractivity contribution in [3.05, 3.63) is 0 Å². The Hall–Kier alpha value is -0.0400. The van der Waals surface area contributed by atoms with Gasteiger partial charge in [0.25, 0.3) is 0 Å². The molecule has 0 heterocycles. The molecule has 0 saturated heterocycles. The smallest absolute Gasteiger partial charge is 0.0704 e. The zero-order valence-corrected chi connectivity index (χ0v) is 11.9. The maximum absolute atomic E-state index is 11.2. The fraction of sp³-hybridized carbons (Fsp3) is 1.00. The van der Waals surface area contributed by atoms with E-state index in [9.17, 15) is 5.11 Å². The molecule has 100 valence electrons. The summed E-state index contributed by atoms with van der Waals surface area (Å²) >= 11 is 0. The van der Waals surface area contributed by atoms with Crippen LogP contribution < -0.4 is 0 Å². The van der Waals surface area contributed by atoms with E-state index in [-0.39, 0.29) is 5.60 Å².